The smallest absolute Gasteiger partial charge is 0.327 e. The van der Waals surface area contributed by atoms with Crippen LogP contribution in [0.5, 0.6) is 23.4 Å². The number of rotatable bonds is 5. The highest BCUT2D eigenvalue weighted by Crippen LogP contribution is 2.37. The summed E-state index contributed by atoms with van der Waals surface area (Å²) in [5.41, 5.74) is 1.56. The molecule has 0 aromatic carbocycles. The van der Waals surface area contributed by atoms with Gasteiger partial charge in [0.2, 0.25) is 5.88 Å². The lowest BCUT2D eigenvalue weighted by molar-refractivity contribution is 0.413. The lowest BCUT2D eigenvalue weighted by Crippen LogP contribution is -1.97. The van der Waals surface area contributed by atoms with E-state index in [4.69, 9.17) is 9.47 Å². The van der Waals surface area contributed by atoms with E-state index in [9.17, 15) is 0 Å². The molecule has 0 unspecified atom stereocenters. The zero-order chi connectivity index (χ0) is 17.9. The van der Waals surface area contributed by atoms with Gasteiger partial charge in [-0.15, -0.1) is 0 Å². The van der Waals surface area contributed by atoms with Crippen LogP contribution in [0.3, 0.4) is 0 Å². The van der Waals surface area contributed by atoms with Crippen molar-refractivity contribution in [3.05, 3.63) is 47.6 Å². The Morgan fingerprint density at radius 3 is 2.15 bits per heavy atom. The Hall–Kier alpha value is -3.14. The van der Waals surface area contributed by atoms with Gasteiger partial charge in [-0.05, 0) is 22.4 Å². The molecule has 0 atom stereocenters. The fourth-order valence-electron chi connectivity index (χ4n) is 2.31. The van der Waals surface area contributed by atoms with Crippen molar-refractivity contribution in [3.63, 3.8) is 0 Å². The van der Waals surface area contributed by atoms with Crippen molar-refractivity contribution >= 4 is 27.0 Å². The topological polar surface area (TPSA) is 112 Å². The summed E-state index contributed by atoms with van der Waals surface area (Å²) in [6.45, 7) is 2.03. The van der Waals surface area contributed by atoms with Crippen LogP contribution >= 0.6 is 15.9 Å². The molecule has 10 heteroatoms. The minimum atomic E-state index is 0.107. The number of fused-ring (bicyclic) bond motifs is 1. The molecule has 0 saturated heterocycles. The number of nitrogens with zero attached hydrogens (tertiary/aromatic N) is 6. The third kappa shape index (κ3) is 3.18. The Morgan fingerprint density at radius 1 is 0.923 bits per heavy atom. The molecule has 0 radical (unpaired) electrons. The number of aromatic nitrogens is 7. The Labute approximate surface area is 156 Å². The van der Waals surface area contributed by atoms with Gasteiger partial charge < -0.3 is 14.5 Å². The van der Waals surface area contributed by atoms with E-state index < -0.39 is 0 Å². The summed E-state index contributed by atoms with van der Waals surface area (Å²) in [6, 6.07) is 0.107. The van der Waals surface area contributed by atoms with E-state index in [-0.39, 0.29) is 6.01 Å². The largest absolute Gasteiger partial charge is 0.435 e. The molecule has 0 spiro atoms. The molecule has 0 bridgehead atoms. The molecular weight excluding hydrogens is 402 g/mol. The Morgan fingerprint density at radius 2 is 1.54 bits per heavy atom. The molecule has 1 N–H and O–H groups in total. The number of aromatic amines is 1. The second kappa shape index (κ2) is 7.00. The summed E-state index contributed by atoms with van der Waals surface area (Å²) in [5, 5.41) is 0.711. The van der Waals surface area contributed by atoms with Crippen LogP contribution in [0.25, 0.3) is 11.0 Å². The number of hydrogen-bond acceptors (Lipinski definition) is 8. The van der Waals surface area contributed by atoms with E-state index >= 15 is 0 Å². The lowest BCUT2D eigenvalue weighted by atomic mass is 10.3. The number of halogens is 1. The molecule has 4 aromatic rings. The molecule has 0 aliphatic carbocycles. The van der Waals surface area contributed by atoms with E-state index in [1.807, 2.05) is 6.92 Å². The van der Waals surface area contributed by atoms with Crippen molar-refractivity contribution < 1.29 is 9.47 Å². The summed E-state index contributed by atoms with van der Waals surface area (Å²) in [7, 11) is 0. The quantitative estimate of drug-likeness (QED) is 0.529. The average Bonchev–Trinajstić information content (AvgIpc) is 2.99. The standard InChI is InChI=1S/C16H12BrN7O2/c1-2-11-13(17)12-14(22-11)23-16(26-10-5-20-8-21-6-10)24-15(12)25-9-3-18-7-19-4-9/h3-8H,2H2,1H3,(H,22,23,24). The number of aryl methyl sites for hydroxylation is 1. The fraction of sp³-hybridized carbons (Fsp3) is 0.125. The van der Waals surface area contributed by atoms with Gasteiger partial charge >= 0.3 is 6.01 Å². The first kappa shape index (κ1) is 16.3. The maximum absolute atomic E-state index is 5.87. The molecule has 26 heavy (non-hydrogen) atoms. The second-order valence-electron chi connectivity index (χ2n) is 5.16. The van der Waals surface area contributed by atoms with Crippen LogP contribution in [0.2, 0.25) is 0 Å². The summed E-state index contributed by atoms with van der Waals surface area (Å²) < 4.78 is 12.4. The van der Waals surface area contributed by atoms with Crippen molar-refractivity contribution in [2.24, 2.45) is 0 Å². The van der Waals surface area contributed by atoms with Gasteiger partial charge in [0.1, 0.15) is 18.3 Å². The molecule has 9 nitrogen and oxygen atoms in total. The fourth-order valence-corrected chi connectivity index (χ4v) is 3.05. The third-order valence-corrected chi connectivity index (χ3v) is 4.34. The minimum absolute atomic E-state index is 0.107. The molecular formula is C16H12BrN7O2. The first-order chi connectivity index (χ1) is 12.7. The Balaban J connectivity index is 1.81. The molecule has 0 amide bonds. The van der Waals surface area contributed by atoms with E-state index in [0.29, 0.717) is 28.4 Å². The number of H-pyrrole nitrogens is 1. The first-order valence-electron chi connectivity index (χ1n) is 7.68. The van der Waals surface area contributed by atoms with Crippen LogP contribution in [-0.4, -0.2) is 34.9 Å². The Bertz CT molecular complexity index is 1040. The Kier molecular flexibility index (Phi) is 4.40. The van der Waals surface area contributed by atoms with Gasteiger partial charge in [0, 0.05) is 5.69 Å². The lowest BCUT2D eigenvalue weighted by Gasteiger charge is -2.08. The van der Waals surface area contributed by atoms with Crippen molar-refractivity contribution in [1.29, 1.82) is 0 Å². The zero-order valence-electron chi connectivity index (χ0n) is 13.5. The van der Waals surface area contributed by atoms with Gasteiger partial charge in [-0.3, -0.25) is 0 Å². The molecule has 4 aromatic heterocycles. The van der Waals surface area contributed by atoms with Gasteiger partial charge in [0.15, 0.2) is 11.5 Å². The molecule has 0 aliphatic heterocycles. The normalized spacial score (nSPS) is 10.8. The summed E-state index contributed by atoms with van der Waals surface area (Å²) in [4.78, 5) is 27.8. The maximum Gasteiger partial charge on any atom is 0.327 e. The van der Waals surface area contributed by atoms with Crippen LogP contribution in [0, 0.1) is 0 Å². The SMILES string of the molecule is CCc1[nH]c2nc(Oc3cncnc3)nc(Oc3cncnc3)c2c1Br. The van der Waals surface area contributed by atoms with Crippen molar-refractivity contribution in [3.8, 4) is 23.4 Å². The summed E-state index contributed by atoms with van der Waals surface area (Å²) in [5.74, 6) is 1.19. The number of ether oxygens (including phenoxy) is 2. The monoisotopic (exact) mass is 413 g/mol. The molecule has 0 fully saturated rings. The molecule has 4 heterocycles. The van der Waals surface area contributed by atoms with Crippen LogP contribution in [-0.2, 0) is 6.42 Å². The summed E-state index contributed by atoms with van der Waals surface area (Å²) >= 11 is 3.58. The molecule has 130 valence electrons. The van der Waals surface area contributed by atoms with Crippen molar-refractivity contribution in [1.82, 2.24) is 34.9 Å². The van der Waals surface area contributed by atoms with Gasteiger partial charge in [-0.2, -0.15) is 9.97 Å². The third-order valence-electron chi connectivity index (χ3n) is 3.46. The van der Waals surface area contributed by atoms with E-state index in [1.165, 1.54) is 25.0 Å². The van der Waals surface area contributed by atoms with Gasteiger partial charge in [0.25, 0.3) is 0 Å². The zero-order valence-corrected chi connectivity index (χ0v) is 15.1. The highest BCUT2D eigenvalue weighted by molar-refractivity contribution is 9.10. The highest BCUT2D eigenvalue weighted by atomic mass is 79.9. The average molecular weight is 414 g/mol. The number of hydrogen-bond donors (Lipinski definition) is 1. The van der Waals surface area contributed by atoms with Gasteiger partial charge in [-0.1, -0.05) is 6.92 Å². The second-order valence-corrected chi connectivity index (χ2v) is 5.95. The van der Waals surface area contributed by atoms with Crippen LogP contribution in [0.15, 0.2) is 41.9 Å². The minimum Gasteiger partial charge on any atom is -0.435 e. The highest BCUT2D eigenvalue weighted by Gasteiger charge is 2.19. The molecule has 4 rings (SSSR count). The number of nitrogens with one attached hydrogen (secondary N) is 1. The van der Waals surface area contributed by atoms with E-state index in [1.54, 1.807) is 12.4 Å². The van der Waals surface area contributed by atoms with Gasteiger partial charge in [-0.25, -0.2) is 19.9 Å². The van der Waals surface area contributed by atoms with Crippen LogP contribution < -0.4 is 9.47 Å². The predicted octanol–water partition coefficient (Wildman–Crippen LogP) is 3.45. The molecule has 0 aliphatic rings. The summed E-state index contributed by atoms with van der Waals surface area (Å²) in [6.07, 6.45) is 9.77. The van der Waals surface area contributed by atoms with Crippen LogP contribution in [0.4, 0.5) is 0 Å². The van der Waals surface area contributed by atoms with Gasteiger partial charge in [0.05, 0.1) is 34.6 Å². The predicted molar refractivity (Wildman–Crippen MR) is 95.2 cm³/mol. The van der Waals surface area contributed by atoms with Crippen molar-refractivity contribution in [2.45, 2.75) is 13.3 Å². The van der Waals surface area contributed by atoms with Crippen LogP contribution in [0.1, 0.15) is 12.6 Å². The molecule has 0 saturated carbocycles. The van der Waals surface area contributed by atoms with E-state index in [2.05, 4.69) is 50.8 Å². The first-order valence-corrected chi connectivity index (χ1v) is 8.47. The maximum atomic E-state index is 5.87. The van der Waals surface area contributed by atoms with Crippen molar-refractivity contribution in [2.75, 3.05) is 0 Å². The van der Waals surface area contributed by atoms with E-state index in [0.717, 1.165) is 16.6 Å².